The van der Waals surface area contributed by atoms with Crippen LogP contribution in [0.1, 0.15) is 27.2 Å². The van der Waals surface area contributed by atoms with Gasteiger partial charge in [0, 0.05) is 31.0 Å². The number of nitrogens with zero attached hydrogens (tertiary/aromatic N) is 2. The first-order chi connectivity index (χ1) is 9.26. The molecule has 1 aliphatic carbocycles. The summed E-state index contributed by atoms with van der Waals surface area (Å²) in [7, 11) is 1.61. The number of nitriles is 1. The lowest BCUT2D eigenvalue weighted by molar-refractivity contribution is -0.131. The van der Waals surface area contributed by atoms with E-state index in [1.54, 1.807) is 18.0 Å². The Morgan fingerprint density at radius 2 is 2.15 bits per heavy atom. The molecule has 2 aliphatic rings. The van der Waals surface area contributed by atoms with Crippen LogP contribution in [0, 0.1) is 28.1 Å². The molecule has 108 valence electrons. The molecule has 2 atom stereocenters. The van der Waals surface area contributed by atoms with Crippen LogP contribution in [0.4, 0.5) is 4.79 Å². The first kappa shape index (κ1) is 14.6. The average molecular weight is 275 g/mol. The van der Waals surface area contributed by atoms with Crippen molar-refractivity contribution in [1.82, 2.24) is 10.2 Å². The van der Waals surface area contributed by atoms with Crippen LogP contribution < -0.4 is 5.32 Å². The third-order valence-electron chi connectivity index (χ3n) is 4.81. The van der Waals surface area contributed by atoms with Crippen LogP contribution in [0.3, 0.4) is 0 Å². The fourth-order valence-electron chi connectivity index (χ4n) is 3.86. The maximum Gasteiger partial charge on any atom is 0.317 e. The molecule has 5 heteroatoms. The van der Waals surface area contributed by atoms with Gasteiger partial charge in [0.1, 0.15) is 6.07 Å². The summed E-state index contributed by atoms with van der Waals surface area (Å²) >= 11 is 0. The van der Waals surface area contributed by atoms with E-state index < -0.39 is 5.41 Å². The van der Waals surface area contributed by atoms with Crippen molar-refractivity contribution in [2.45, 2.75) is 27.2 Å². The van der Waals surface area contributed by atoms with Crippen molar-refractivity contribution in [3.05, 3.63) is 11.6 Å². The Morgan fingerprint density at radius 3 is 2.70 bits per heavy atom. The van der Waals surface area contributed by atoms with Crippen LogP contribution in [-0.2, 0) is 4.79 Å². The summed E-state index contributed by atoms with van der Waals surface area (Å²) in [4.78, 5) is 25.9. The van der Waals surface area contributed by atoms with Gasteiger partial charge in [0.2, 0.25) is 0 Å². The maximum absolute atomic E-state index is 12.4. The average Bonchev–Trinajstić information content (AvgIpc) is 2.41. The van der Waals surface area contributed by atoms with Gasteiger partial charge in [-0.05, 0) is 12.3 Å². The number of fused-ring (bicyclic) bond motifs is 1. The van der Waals surface area contributed by atoms with E-state index in [0.717, 1.165) is 6.42 Å². The lowest BCUT2D eigenvalue weighted by Gasteiger charge is -2.52. The maximum atomic E-state index is 12.4. The molecule has 1 unspecified atom stereocenters. The second-order valence-electron chi connectivity index (χ2n) is 6.54. The molecule has 0 aromatic rings. The van der Waals surface area contributed by atoms with Gasteiger partial charge >= 0.3 is 6.03 Å². The van der Waals surface area contributed by atoms with Gasteiger partial charge in [-0.1, -0.05) is 26.8 Å². The number of allylic oxidation sites excluding steroid dienone is 1. The number of nitrogens with one attached hydrogen (secondary N) is 1. The SMILES string of the molecule is CNC(=O)N1CCC2C(C)(C)C(=O)C(C#N)=C[C@@]2(C)C1. The van der Waals surface area contributed by atoms with E-state index in [1.165, 1.54) is 0 Å². The molecule has 0 aromatic carbocycles. The number of amides is 2. The Labute approximate surface area is 119 Å². The Balaban J connectivity index is 2.42. The van der Waals surface area contributed by atoms with Crippen molar-refractivity contribution in [1.29, 1.82) is 5.26 Å². The predicted molar refractivity (Wildman–Crippen MR) is 74.7 cm³/mol. The van der Waals surface area contributed by atoms with E-state index in [2.05, 4.69) is 5.32 Å². The highest BCUT2D eigenvalue weighted by atomic mass is 16.2. The van der Waals surface area contributed by atoms with Gasteiger partial charge < -0.3 is 10.2 Å². The third-order valence-corrected chi connectivity index (χ3v) is 4.81. The number of carbonyl (C=O) groups is 2. The van der Waals surface area contributed by atoms with Crippen molar-refractivity contribution >= 4 is 11.8 Å². The largest absolute Gasteiger partial charge is 0.341 e. The van der Waals surface area contributed by atoms with Gasteiger partial charge in [-0.2, -0.15) is 5.26 Å². The molecule has 5 nitrogen and oxygen atoms in total. The van der Waals surface area contributed by atoms with Gasteiger partial charge in [0.15, 0.2) is 5.78 Å². The van der Waals surface area contributed by atoms with Crippen molar-refractivity contribution in [2.24, 2.45) is 16.7 Å². The van der Waals surface area contributed by atoms with Gasteiger partial charge in [-0.3, -0.25) is 4.79 Å². The number of Topliss-reactive ketones (excluding diaryl/α,β-unsaturated/α-hetero) is 1. The molecule has 1 saturated heterocycles. The molecule has 1 fully saturated rings. The van der Waals surface area contributed by atoms with E-state index in [4.69, 9.17) is 0 Å². The number of hydrogen-bond donors (Lipinski definition) is 1. The molecule has 0 bridgehead atoms. The van der Waals surface area contributed by atoms with Crippen LogP contribution in [0.5, 0.6) is 0 Å². The predicted octanol–water partition coefficient (Wildman–Crippen LogP) is 1.71. The highest BCUT2D eigenvalue weighted by Gasteiger charge is 2.53. The Hall–Kier alpha value is -1.83. The smallest absolute Gasteiger partial charge is 0.317 e. The Morgan fingerprint density at radius 1 is 1.50 bits per heavy atom. The Kier molecular flexibility index (Phi) is 3.37. The minimum atomic E-state index is -0.552. The summed E-state index contributed by atoms with van der Waals surface area (Å²) < 4.78 is 0. The first-order valence-electron chi connectivity index (χ1n) is 6.90. The molecular formula is C15H21N3O2. The van der Waals surface area contributed by atoms with Gasteiger partial charge in [0.05, 0.1) is 5.57 Å². The summed E-state index contributed by atoms with van der Waals surface area (Å²) in [5, 5.41) is 11.8. The van der Waals surface area contributed by atoms with Crippen molar-refractivity contribution < 1.29 is 9.59 Å². The van der Waals surface area contributed by atoms with Crippen molar-refractivity contribution in [3.8, 4) is 6.07 Å². The fourth-order valence-corrected chi connectivity index (χ4v) is 3.86. The molecule has 0 saturated carbocycles. The Bertz CT molecular complexity index is 530. The van der Waals surface area contributed by atoms with E-state index in [1.807, 2.05) is 26.8 Å². The summed E-state index contributed by atoms with van der Waals surface area (Å²) in [5.74, 6) is 0.0800. The zero-order valence-corrected chi connectivity index (χ0v) is 12.5. The number of likely N-dealkylation sites (tertiary alicyclic amines) is 1. The number of ketones is 1. The van der Waals surface area contributed by atoms with Crippen molar-refractivity contribution in [2.75, 3.05) is 20.1 Å². The number of carbonyl (C=O) groups excluding carboxylic acids is 2. The summed E-state index contributed by atoms with van der Waals surface area (Å²) in [6.45, 7) is 7.06. The molecule has 1 N–H and O–H groups in total. The topological polar surface area (TPSA) is 73.2 Å². The second kappa shape index (κ2) is 4.62. The summed E-state index contributed by atoms with van der Waals surface area (Å²) in [6.07, 6.45) is 2.55. The number of rotatable bonds is 0. The lowest BCUT2D eigenvalue weighted by atomic mass is 9.55. The van der Waals surface area contributed by atoms with E-state index >= 15 is 0 Å². The molecule has 2 amide bonds. The highest BCUT2D eigenvalue weighted by Crippen LogP contribution is 2.51. The molecule has 1 aliphatic heterocycles. The normalized spacial score (nSPS) is 31.9. The van der Waals surface area contributed by atoms with E-state index in [-0.39, 0.29) is 28.7 Å². The lowest BCUT2D eigenvalue weighted by Crippen LogP contribution is -2.57. The second-order valence-corrected chi connectivity index (χ2v) is 6.54. The standard InChI is InChI=1S/C15H21N3O2/c1-14(2)11-5-6-18(13(20)17-4)9-15(11,3)7-10(8-16)12(14)19/h7,11H,5-6,9H2,1-4H3,(H,17,20)/t11?,15-/m0/s1. The van der Waals surface area contributed by atoms with Crippen LogP contribution >= 0.6 is 0 Å². The molecule has 2 rings (SSSR count). The summed E-state index contributed by atoms with van der Waals surface area (Å²) in [5.41, 5.74) is -0.649. The van der Waals surface area contributed by atoms with Crippen LogP contribution in [-0.4, -0.2) is 36.9 Å². The van der Waals surface area contributed by atoms with E-state index in [0.29, 0.717) is 13.1 Å². The number of urea groups is 1. The zero-order chi connectivity index (χ0) is 15.1. The first-order valence-corrected chi connectivity index (χ1v) is 6.90. The molecule has 0 aromatic heterocycles. The quantitative estimate of drug-likeness (QED) is 0.731. The minimum absolute atomic E-state index is 0.0733. The summed E-state index contributed by atoms with van der Waals surface area (Å²) in [6, 6.07) is 1.91. The minimum Gasteiger partial charge on any atom is -0.341 e. The molecule has 20 heavy (non-hydrogen) atoms. The highest BCUT2D eigenvalue weighted by molar-refractivity contribution is 6.04. The molecule has 0 radical (unpaired) electrons. The van der Waals surface area contributed by atoms with E-state index in [9.17, 15) is 14.9 Å². The van der Waals surface area contributed by atoms with Crippen LogP contribution in [0.25, 0.3) is 0 Å². The molecular weight excluding hydrogens is 254 g/mol. The van der Waals surface area contributed by atoms with Gasteiger partial charge in [-0.25, -0.2) is 4.79 Å². The van der Waals surface area contributed by atoms with Crippen LogP contribution in [0.15, 0.2) is 11.6 Å². The third kappa shape index (κ3) is 2.00. The number of piperidine rings is 1. The molecule has 1 heterocycles. The van der Waals surface area contributed by atoms with Gasteiger partial charge in [0.25, 0.3) is 0 Å². The van der Waals surface area contributed by atoms with Crippen LogP contribution in [0.2, 0.25) is 0 Å². The number of hydrogen-bond acceptors (Lipinski definition) is 3. The zero-order valence-electron chi connectivity index (χ0n) is 12.5. The fraction of sp³-hybridized carbons (Fsp3) is 0.667. The van der Waals surface area contributed by atoms with Gasteiger partial charge in [-0.15, -0.1) is 0 Å². The monoisotopic (exact) mass is 275 g/mol. The van der Waals surface area contributed by atoms with Crippen molar-refractivity contribution in [3.63, 3.8) is 0 Å². The molecule has 0 spiro atoms.